The molecule has 0 aliphatic rings. The zero-order valence-corrected chi connectivity index (χ0v) is 12.9. The minimum atomic E-state index is -1.17. The number of aromatic carboxylic acids is 1. The normalized spacial score (nSPS) is 10.2. The lowest BCUT2D eigenvalue weighted by Crippen LogP contribution is -2.15. The summed E-state index contributed by atoms with van der Waals surface area (Å²) in [5, 5.41) is 11.9. The van der Waals surface area contributed by atoms with E-state index in [2.05, 4.69) is 21.2 Å². The lowest BCUT2D eigenvalue weighted by atomic mass is 10.1. The number of anilines is 2. The summed E-state index contributed by atoms with van der Waals surface area (Å²) in [6.07, 6.45) is 0. The van der Waals surface area contributed by atoms with Gasteiger partial charge in [-0.1, -0.05) is 11.6 Å². The highest BCUT2D eigenvalue weighted by atomic mass is 79.9. The Balaban J connectivity index is 2.31. The molecule has 0 radical (unpaired) electrons. The Bertz CT molecular complexity index is 734. The predicted octanol–water partition coefficient (Wildman–Crippen LogP) is 3.64. The molecule has 0 bridgehead atoms. The number of amides is 1. The molecule has 0 aromatic heterocycles. The minimum absolute atomic E-state index is 0.0784. The summed E-state index contributed by atoms with van der Waals surface area (Å²) in [5.74, 6) is -1.62. The Morgan fingerprint density at radius 1 is 1.19 bits per heavy atom. The van der Waals surface area contributed by atoms with E-state index >= 15 is 0 Å². The lowest BCUT2D eigenvalue weighted by Gasteiger charge is -2.09. The van der Waals surface area contributed by atoms with Crippen LogP contribution in [0.1, 0.15) is 20.7 Å². The zero-order chi connectivity index (χ0) is 15.6. The molecule has 0 saturated heterocycles. The average Bonchev–Trinajstić information content (AvgIpc) is 2.43. The standard InChI is InChI=1S/C14H10BrClN2O3/c15-10-5-7(1-3-11(10)17)13(19)18-12-4-2-8(16)6-9(12)14(20)21/h1-6H,17H2,(H,18,19)(H,20,21). The Hall–Kier alpha value is -2.05. The van der Waals surface area contributed by atoms with Crippen molar-refractivity contribution in [1.29, 1.82) is 0 Å². The molecule has 0 aliphatic carbocycles. The number of halogens is 2. The van der Waals surface area contributed by atoms with Gasteiger partial charge in [-0.25, -0.2) is 4.79 Å². The van der Waals surface area contributed by atoms with Crippen LogP contribution in [0.15, 0.2) is 40.9 Å². The van der Waals surface area contributed by atoms with Crippen LogP contribution in [-0.4, -0.2) is 17.0 Å². The fourth-order valence-corrected chi connectivity index (χ4v) is 2.22. The van der Waals surface area contributed by atoms with Crippen molar-refractivity contribution in [3.63, 3.8) is 0 Å². The van der Waals surface area contributed by atoms with Crippen LogP contribution in [0.3, 0.4) is 0 Å². The van der Waals surface area contributed by atoms with Crippen molar-refractivity contribution in [2.24, 2.45) is 0 Å². The number of carbonyl (C=O) groups is 2. The highest BCUT2D eigenvalue weighted by Crippen LogP contribution is 2.23. The van der Waals surface area contributed by atoms with Crippen molar-refractivity contribution < 1.29 is 14.7 Å². The van der Waals surface area contributed by atoms with E-state index in [1.807, 2.05) is 0 Å². The smallest absolute Gasteiger partial charge is 0.337 e. The molecule has 0 heterocycles. The first-order valence-corrected chi connectivity index (χ1v) is 6.95. The van der Waals surface area contributed by atoms with Crippen molar-refractivity contribution in [3.8, 4) is 0 Å². The zero-order valence-electron chi connectivity index (χ0n) is 10.6. The quantitative estimate of drug-likeness (QED) is 0.720. The Morgan fingerprint density at radius 2 is 1.90 bits per heavy atom. The van der Waals surface area contributed by atoms with Gasteiger partial charge in [0, 0.05) is 20.7 Å². The minimum Gasteiger partial charge on any atom is -0.478 e. The van der Waals surface area contributed by atoms with E-state index < -0.39 is 11.9 Å². The van der Waals surface area contributed by atoms with Gasteiger partial charge in [0.05, 0.1) is 11.3 Å². The molecule has 0 atom stereocenters. The molecule has 21 heavy (non-hydrogen) atoms. The van der Waals surface area contributed by atoms with Crippen molar-refractivity contribution in [2.75, 3.05) is 11.1 Å². The summed E-state index contributed by atoms with van der Waals surface area (Å²) < 4.78 is 0.588. The maximum absolute atomic E-state index is 12.1. The largest absolute Gasteiger partial charge is 0.478 e. The number of nitrogens with two attached hydrogens (primary N) is 1. The SMILES string of the molecule is Nc1ccc(C(=O)Nc2ccc(Cl)cc2C(=O)O)cc1Br. The molecule has 5 nitrogen and oxygen atoms in total. The first-order chi connectivity index (χ1) is 9.88. The fourth-order valence-electron chi connectivity index (χ4n) is 1.67. The van der Waals surface area contributed by atoms with Gasteiger partial charge in [0.15, 0.2) is 0 Å². The summed E-state index contributed by atoms with van der Waals surface area (Å²) >= 11 is 8.99. The second-order valence-electron chi connectivity index (χ2n) is 4.19. The van der Waals surface area contributed by atoms with E-state index in [9.17, 15) is 9.59 Å². The first kappa shape index (κ1) is 15.3. The number of nitrogens with one attached hydrogen (secondary N) is 1. The molecule has 0 saturated carbocycles. The molecular formula is C14H10BrClN2O3. The first-order valence-electron chi connectivity index (χ1n) is 5.77. The maximum atomic E-state index is 12.1. The number of carboxylic acids is 1. The number of benzene rings is 2. The molecule has 2 aromatic rings. The molecule has 0 spiro atoms. The van der Waals surface area contributed by atoms with Gasteiger partial charge in [-0.3, -0.25) is 4.79 Å². The van der Waals surface area contributed by atoms with Crippen LogP contribution in [0.4, 0.5) is 11.4 Å². The van der Waals surface area contributed by atoms with Gasteiger partial charge in [0.2, 0.25) is 0 Å². The summed E-state index contributed by atoms with van der Waals surface area (Å²) in [4.78, 5) is 23.3. The third-order valence-electron chi connectivity index (χ3n) is 2.72. The average molecular weight is 370 g/mol. The van der Waals surface area contributed by atoms with Crippen LogP contribution in [0.25, 0.3) is 0 Å². The van der Waals surface area contributed by atoms with Gasteiger partial charge < -0.3 is 16.2 Å². The third-order valence-corrected chi connectivity index (χ3v) is 3.64. The second-order valence-corrected chi connectivity index (χ2v) is 5.48. The third kappa shape index (κ3) is 3.53. The van der Waals surface area contributed by atoms with Gasteiger partial charge >= 0.3 is 5.97 Å². The van der Waals surface area contributed by atoms with E-state index in [0.29, 0.717) is 15.7 Å². The highest BCUT2D eigenvalue weighted by Gasteiger charge is 2.14. The van der Waals surface area contributed by atoms with Crippen LogP contribution >= 0.6 is 27.5 Å². The summed E-state index contributed by atoms with van der Waals surface area (Å²) in [6.45, 7) is 0. The molecule has 2 rings (SSSR count). The van der Waals surface area contributed by atoms with E-state index in [0.717, 1.165) is 0 Å². The van der Waals surface area contributed by atoms with Gasteiger partial charge in [-0.05, 0) is 52.3 Å². The van der Waals surface area contributed by atoms with Gasteiger partial charge in [0.1, 0.15) is 0 Å². The topological polar surface area (TPSA) is 92.4 Å². The predicted molar refractivity (Wildman–Crippen MR) is 84.9 cm³/mol. The van der Waals surface area contributed by atoms with Crippen LogP contribution in [0.5, 0.6) is 0 Å². The number of carboxylic acid groups (broad SMARTS) is 1. The van der Waals surface area contributed by atoms with Crippen molar-refractivity contribution in [1.82, 2.24) is 0 Å². The molecule has 0 aliphatic heterocycles. The van der Waals surface area contributed by atoms with Crippen molar-refractivity contribution >= 4 is 50.8 Å². The molecular weight excluding hydrogens is 360 g/mol. The van der Waals surface area contributed by atoms with Gasteiger partial charge in [0.25, 0.3) is 5.91 Å². The fraction of sp³-hybridized carbons (Fsp3) is 0. The van der Waals surface area contributed by atoms with Crippen molar-refractivity contribution in [2.45, 2.75) is 0 Å². The van der Waals surface area contributed by atoms with Crippen LogP contribution < -0.4 is 11.1 Å². The number of hydrogen-bond donors (Lipinski definition) is 3. The summed E-state index contributed by atoms with van der Waals surface area (Å²) in [5.41, 5.74) is 6.60. The molecule has 1 amide bonds. The van der Waals surface area contributed by atoms with Crippen molar-refractivity contribution in [3.05, 3.63) is 57.0 Å². The van der Waals surface area contributed by atoms with Crippen LogP contribution in [0, 0.1) is 0 Å². The number of hydrogen-bond acceptors (Lipinski definition) is 3. The van der Waals surface area contributed by atoms with Crippen LogP contribution in [-0.2, 0) is 0 Å². The summed E-state index contributed by atoms with van der Waals surface area (Å²) in [7, 11) is 0. The summed E-state index contributed by atoms with van der Waals surface area (Å²) in [6, 6.07) is 8.91. The Kier molecular flexibility index (Phi) is 4.50. The van der Waals surface area contributed by atoms with Gasteiger partial charge in [-0.2, -0.15) is 0 Å². The Morgan fingerprint density at radius 3 is 2.52 bits per heavy atom. The van der Waals surface area contributed by atoms with E-state index in [4.69, 9.17) is 22.4 Å². The second kappa shape index (κ2) is 6.15. The number of nitrogen functional groups attached to an aromatic ring is 1. The van der Waals surface area contributed by atoms with Crippen LogP contribution in [0.2, 0.25) is 5.02 Å². The number of carbonyl (C=O) groups excluding carboxylic acids is 1. The molecule has 0 fully saturated rings. The van der Waals surface area contributed by atoms with E-state index in [1.165, 1.54) is 18.2 Å². The lowest BCUT2D eigenvalue weighted by molar-refractivity contribution is 0.0698. The van der Waals surface area contributed by atoms with E-state index in [-0.39, 0.29) is 16.3 Å². The van der Waals surface area contributed by atoms with Gasteiger partial charge in [-0.15, -0.1) is 0 Å². The molecule has 0 unspecified atom stereocenters. The monoisotopic (exact) mass is 368 g/mol. The molecule has 2 aromatic carbocycles. The number of rotatable bonds is 3. The molecule has 4 N–H and O–H groups in total. The van der Waals surface area contributed by atoms with E-state index in [1.54, 1.807) is 18.2 Å². The highest BCUT2D eigenvalue weighted by molar-refractivity contribution is 9.10. The maximum Gasteiger partial charge on any atom is 0.337 e. The Labute approximate surface area is 133 Å². The molecule has 7 heteroatoms. The molecule has 108 valence electrons.